The maximum Gasteiger partial charge on any atom is 0.329 e. The number of nitrogens with one attached hydrogen (secondary N) is 2. The Labute approximate surface area is 130 Å². The Morgan fingerprint density at radius 1 is 1.41 bits per heavy atom. The van der Waals surface area contributed by atoms with Crippen molar-refractivity contribution in [1.29, 1.82) is 0 Å². The highest BCUT2D eigenvalue weighted by molar-refractivity contribution is 6.35. The van der Waals surface area contributed by atoms with E-state index in [1.165, 1.54) is 6.26 Å². The van der Waals surface area contributed by atoms with Crippen LogP contribution in [0.1, 0.15) is 45.8 Å². The number of hydrogen-bond donors (Lipinski definition) is 2. The Morgan fingerprint density at radius 2 is 2.18 bits per heavy atom. The summed E-state index contributed by atoms with van der Waals surface area (Å²) in [5.41, 5.74) is 3.47. The summed E-state index contributed by atoms with van der Waals surface area (Å²) in [6.45, 7) is 6.74. The second-order valence-electron chi connectivity index (χ2n) is 6.74. The maximum atomic E-state index is 11.7. The molecule has 1 aliphatic rings. The van der Waals surface area contributed by atoms with E-state index in [-0.39, 0.29) is 12.0 Å². The smallest absolute Gasteiger partial charge is 0.329 e. The molecule has 6 heteroatoms. The summed E-state index contributed by atoms with van der Waals surface area (Å²) in [6.07, 6.45) is 4.35. The minimum Gasteiger partial charge on any atom is -0.467 e. The summed E-state index contributed by atoms with van der Waals surface area (Å²) in [5.74, 6) is -0.346. The van der Waals surface area contributed by atoms with E-state index in [0.717, 1.165) is 25.0 Å². The van der Waals surface area contributed by atoms with Crippen molar-refractivity contribution in [3.63, 3.8) is 0 Å². The van der Waals surface area contributed by atoms with Crippen molar-refractivity contribution in [2.45, 2.75) is 46.6 Å². The molecule has 0 radical (unpaired) electrons. The first-order chi connectivity index (χ1) is 10.4. The van der Waals surface area contributed by atoms with Gasteiger partial charge >= 0.3 is 11.8 Å². The molecule has 0 aliphatic heterocycles. The first-order valence-corrected chi connectivity index (χ1v) is 7.52. The molecule has 0 spiro atoms. The van der Waals surface area contributed by atoms with Crippen LogP contribution in [0.5, 0.6) is 0 Å². The van der Waals surface area contributed by atoms with E-state index < -0.39 is 11.8 Å². The van der Waals surface area contributed by atoms with Gasteiger partial charge in [0.2, 0.25) is 0 Å². The van der Waals surface area contributed by atoms with Crippen LogP contribution in [0.2, 0.25) is 0 Å². The van der Waals surface area contributed by atoms with Gasteiger partial charge < -0.3 is 9.73 Å². The molecule has 2 rings (SSSR count). The number of carbonyl (C=O) groups excluding carboxylic acids is 2. The molecule has 1 aliphatic carbocycles. The molecule has 0 saturated heterocycles. The third-order valence-corrected chi connectivity index (χ3v) is 3.69. The fourth-order valence-corrected chi connectivity index (χ4v) is 3.04. The van der Waals surface area contributed by atoms with E-state index in [4.69, 9.17) is 4.42 Å². The number of furan rings is 1. The molecule has 0 unspecified atom stereocenters. The zero-order valence-corrected chi connectivity index (χ0v) is 13.3. The van der Waals surface area contributed by atoms with Crippen molar-refractivity contribution in [3.05, 3.63) is 24.2 Å². The topological polar surface area (TPSA) is 83.7 Å². The largest absolute Gasteiger partial charge is 0.467 e. The number of hydrazone groups is 1. The van der Waals surface area contributed by atoms with Gasteiger partial charge in [0.1, 0.15) is 5.76 Å². The van der Waals surface area contributed by atoms with Crippen LogP contribution in [0.25, 0.3) is 0 Å². The van der Waals surface area contributed by atoms with Crippen molar-refractivity contribution in [2.24, 2.45) is 16.4 Å². The quantitative estimate of drug-likeness (QED) is 0.663. The van der Waals surface area contributed by atoms with Gasteiger partial charge in [-0.15, -0.1) is 0 Å². The summed E-state index contributed by atoms with van der Waals surface area (Å²) in [7, 11) is 0. The van der Waals surface area contributed by atoms with Crippen LogP contribution in [0, 0.1) is 11.3 Å². The SMILES string of the molecule is C[C@@H]1C/C(=N\NC(=O)C(=O)NCc2ccco2)CC(C)(C)C1. The zero-order valence-electron chi connectivity index (χ0n) is 13.3. The zero-order chi connectivity index (χ0) is 16.2. The molecule has 120 valence electrons. The lowest BCUT2D eigenvalue weighted by Crippen LogP contribution is -2.38. The van der Waals surface area contributed by atoms with Crippen molar-refractivity contribution in [1.82, 2.24) is 10.7 Å². The van der Waals surface area contributed by atoms with Gasteiger partial charge in [0.15, 0.2) is 0 Å². The Bertz CT molecular complexity index is 561. The first-order valence-electron chi connectivity index (χ1n) is 7.52. The third kappa shape index (κ3) is 4.72. The van der Waals surface area contributed by atoms with E-state index in [1.54, 1.807) is 12.1 Å². The Kier molecular flexibility index (Phi) is 5.00. The molecular weight excluding hydrogens is 282 g/mol. The average molecular weight is 305 g/mol. The summed E-state index contributed by atoms with van der Waals surface area (Å²) < 4.78 is 5.08. The van der Waals surface area contributed by atoms with Crippen LogP contribution < -0.4 is 10.7 Å². The molecule has 1 aromatic heterocycles. The monoisotopic (exact) mass is 305 g/mol. The fourth-order valence-electron chi connectivity index (χ4n) is 3.04. The highest BCUT2D eigenvalue weighted by atomic mass is 16.3. The van der Waals surface area contributed by atoms with Gasteiger partial charge in [0.05, 0.1) is 12.8 Å². The van der Waals surface area contributed by atoms with Crippen LogP contribution in [0.3, 0.4) is 0 Å². The third-order valence-electron chi connectivity index (χ3n) is 3.69. The van der Waals surface area contributed by atoms with Crippen LogP contribution in [-0.4, -0.2) is 17.5 Å². The second kappa shape index (κ2) is 6.77. The number of rotatable bonds is 3. The van der Waals surface area contributed by atoms with Crippen LogP contribution in [-0.2, 0) is 16.1 Å². The standard InChI is InChI=1S/C16H23N3O3/c1-11-7-12(9-16(2,3)8-11)18-19-15(21)14(20)17-10-13-5-4-6-22-13/h4-6,11H,7-10H2,1-3H3,(H,17,20)(H,19,21)/b18-12+/t11-/m1/s1. The fraction of sp³-hybridized carbons (Fsp3) is 0.562. The lowest BCUT2D eigenvalue weighted by molar-refractivity contribution is -0.139. The number of amides is 2. The molecule has 1 heterocycles. The molecule has 1 aromatic rings. The van der Waals surface area contributed by atoms with Gasteiger partial charge in [0, 0.05) is 5.71 Å². The first kappa shape index (κ1) is 16.3. The van der Waals surface area contributed by atoms with E-state index in [9.17, 15) is 9.59 Å². The molecule has 1 atom stereocenters. The number of hydrogen-bond acceptors (Lipinski definition) is 4. The molecular formula is C16H23N3O3. The van der Waals surface area contributed by atoms with Crippen molar-refractivity contribution >= 4 is 17.5 Å². The van der Waals surface area contributed by atoms with E-state index in [0.29, 0.717) is 11.7 Å². The van der Waals surface area contributed by atoms with Crippen LogP contribution >= 0.6 is 0 Å². The maximum absolute atomic E-state index is 11.7. The molecule has 1 saturated carbocycles. The predicted molar refractivity (Wildman–Crippen MR) is 82.9 cm³/mol. The normalized spacial score (nSPS) is 22.3. The van der Waals surface area contributed by atoms with Crippen LogP contribution in [0.15, 0.2) is 27.9 Å². The van der Waals surface area contributed by atoms with Crippen molar-refractivity contribution < 1.29 is 14.0 Å². The van der Waals surface area contributed by atoms with Crippen LogP contribution in [0.4, 0.5) is 0 Å². The Hall–Kier alpha value is -2.11. The highest BCUT2D eigenvalue weighted by Crippen LogP contribution is 2.36. The molecule has 1 fully saturated rings. The molecule has 6 nitrogen and oxygen atoms in total. The predicted octanol–water partition coefficient (Wildman–Crippen LogP) is 2.21. The molecule has 2 amide bonds. The van der Waals surface area contributed by atoms with Gasteiger partial charge in [-0.3, -0.25) is 9.59 Å². The van der Waals surface area contributed by atoms with E-state index in [1.807, 2.05) is 0 Å². The lowest BCUT2D eigenvalue weighted by Gasteiger charge is -2.34. The summed E-state index contributed by atoms with van der Waals surface area (Å²) in [4.78, 5) is 23.4. The van der Waals surface area contributed by atoms with Gasteiger partial charge in [-0.25, -0.2) is 5.43 Å². The van der Waals surface area contributed by atoms with E-state index >= 15 is 0 Å². The minimum absolute atomic E-state index is 0.180. The summed E-state index contributed by atoms with van der Waals surface area (Å²) >= 11 is 0. The summed E-state index contributed by atoms with van der Waals surface area (Å²) in [5, 5.41) is 6.61. The molecule has 0 aromatic carbocycles. The summed E-state index contributed by atoms with van der Waals surface area (Å²) in [6, 6.07) is 3.45. The Morgan fingerprint density at radius 3 is 2.82 bits per heavy atom. The minimum atomic E-state index is -0.755. The lowest BCUT2D eigenvalue weighted by atomic mass is 9.72. The number of nitrogens with zero attached hydrogens (tertiary/aromatic N) is 1. The molecule has 2 N–H and O–H groups in total. The average Bonchev–Trinajstić information content (AvgIpc) is 2.93. The Balaban J connectivity index is 1.83. The van der Waals surface area contributed by atoms with E-state index in [2.05, 4.69) is 36.6 Å². The van der Waals surface area contributed by atoms with Gasteiger partial charge in [-0.1, -0.05) is 20.8 Å². The van der Waals surface area contributed by atoms with Gasteiger partial charge in [-0.2, -0.15) is 5.10 Å². The second-order valence-corrected chi connectivity index (χ2v) is 6.74. The van der Waals surface area contributed by atoms with Crippen molar-refractivity contribution in [2.75, 3.05) is 0 Å². The molecule has 0 bridgehead atoms. The van der Waals surface area contributed by atoms with Crippen molar-refractivity contribution in [3.8, 4) is 0 Å². The number of carbonyl (C=O) groups is 2. The van der Waals surface area contributed by atoms with Gasteiger partial charge in [-0.05, 0) is 42.7 Å². The molecule has 22 heavy (non-hydrogen) atoms. The highest BCUT2D eigenvalue weighted by Gasteiger charge is 2.29. The van der Waals surface area contributed by atoms with Gasteiger partial charge in [0.25, 0.3) is 0 Å².